The van der Waals surface area contributed by atoms with Crippen LogP contribution in [0.15, 0.2) is 41.0 Å². The number of halogens is 1. The van der Waals surface area contributed by atoms with Crippen molar-refractivity contribution in [2.75, 3.05) is 5.32 Å². The van der Waals surface area contributed by atoms with E-state index < -0.39 is 0 Å². The van der Waals surface area contributed by atoms with Gasteiger partial charge in [-0.05, 0) is 70.6 Å². The molecule has 1 aliphatic rings. The van der Waals surface area contributed by atoms with Gasteiger partial charge in [-0.25, -0.2) is 4.98 Å². The summed E-state index contributed by atoms with van der Waals surface area (Å²) in [6, 6.07) is 10.6. The van der Waals surface area contributed by atoms with Crippen LogP contribution in [0.1, 0.15) is 17.5 Å². The zero-order valence-corrected chi connectivity index (χ0v) is 11.0. The summed E-state index contributed by atoms with van der Waals surface area (Å²) in [5, 5.41) is 3.33. The number of aromatic nitrogens is 1. The van der Waals surface area contributed by atoms with Crippen LogP contribution in [0.4, 0.5) is 11.5 Å². The molecule has 86 valence electrons. The van der Waals surface area contributed by atoms with Crippen LogP contribution in [0.3, 0.4) is 0 Å². The topological polar surface area (TPSA) is 24.9 Å². The van der Waals surface area contributed by atoms with Gasteiger partial charge in [-0.3, -0.25) is 0 Å². The van der Waals surface area contributed by atoms with E-state index in [1.807, 2.05) is 12.1 Å². The molecule has 0 atom stereocenters. The Morgan fingerprint density at radius 1 is 1.06 bits per heavy atom. The third kappa shape index (κ3) is 2.34. The van der Waals surface area contributed by atoms with Gasteiger partial charge in [-0.15, -0.1) is 0 Å². The number of anilines is 2. The van der Waals surface area contributed by atoms with Gasteiger partial charge in [0.15, 0.2) is 0 Å². The molecular weight excluding hydrogens is 276 g/mol. The third-order valence-electron chi connectivity index (χ3n) is 3.10. The normalized spacial score (nSPS) is 13.5. The molecule has 1 heterocycles. The Balaban J connectivity index is 1.83. The molecule has 0 unspecified atom stereocenters. The molecule has 0 amide bonds. The first-order valence-corrected chi connectivity index (χ1v) is 6.61. The fourth-order valence-corrected chi connectivity index (χ4v) is 2.48. The molecule has 0 radical (unpaired) electrons. The maximum Gasteiger partial charge on any atom is 0.130 e. The van der Waals surface area contributed by atoms with Crippen LogP contribution in [0.25, 0.3) is 0 Å². The Labute approximate surface area is 109 Å². The molecule has 1 N–H and O–H groups in total. The van der Waals surface area contributed by atoms with Crippen LogP contribution >= 0.6 is 15.9 Å². The highest BCUT2D eigenvalue weighted by Crippen LogP contribution is 2.26. The predicted molar refractivity (Wildman–Crippen MR) is 73.7 cm³/mol. The number of benzene rings is 1. The molecule has 1 aromatic heterocycles. The quantitative estimate of drug-likeness (QED) is 0.901. The minimum absolute atomic E-state index is 0.881. The van der Waals surface area contributed by atoms with E-state index in [0.717, 1.165) is 16.0 Å². The summed E-state index contributed by atoms with van der Waals surface area (Å²) < 4.78 is 0.997. The highest BCUT2D eigenvalue weighted by molar-refractivity contribution is 9.10. The van der Waals surface area contributed by atoms with E-state index in [-0.39, 0.29) is 0 Å². The summed E-state index contributed by atoms with van der Waals surface area (Å²) in [6.07, 6.45) is 5.52. The van der Waals surface area contributed by atoms with E-state index in [9.17, 15) is 0 Å². The van der Waals surface area contributed by atoms with E-state index in [4.69, 9.17) is 0 Å². The summed E-state index contributed by atoms with van der Waals surface area (Å²) in [4.78, 5) is 4.31. The number of nitrogens with one attached hydrogen (secondary N) is 1. The second-order valence-corrected chi connectivity index (χ2v) is 5.24. The number of hydrogen-bond donors (Lipinski definition) is 1. The fraction of sp³-hybridized carbons (Fsp3) is 0.214. The second kappa shape index (κ2) is 4.49. The van der Waals surface area contributed by atoms with Gasteiger partial charge in [0.25, 0.3) is 0 Å². The molecule has 2 nitrogen and oxygen atoms in total. The van der Waals surface area contributed by atoms with Gasteiger partial charge in [0.1, 0.15) is 5.82 Å². The first-order chi connectivity index (χ1) is 8.31. The monoisotopic (exact) mass is 288 g/mol. The zero-order chi connectivity index (χ0) is 11.7. The van der Waals surface area contributed by atoms with E-state index in [0.29, 0.717) is 0 Å². The summed E-state index contributed by atoms with van der Waals surface area (Å²) >= 11 is 3.38. The van der Waals surface area contributed by atoms with Crippen LogP contribution in [0.5, 0.6) is 0 Å². The third-order valence-corrected chi connectivity index (χ3v) is 3.57. The van der Waals surface area contributed by atoms with Gasteiger partial charge in [-0.1, -0.05) is 6.07 Å². The maximum absolute atomic E-state index is 4.31. The standard InChI is InChI=1S/C14H13BrN2/c15-12-5-7-14(16-9-12)17-13-6-4-10-2-1-3-11(10)8-13/h4-9H,1-3H2,(H,16,17). The molecule has 17 heavy (non-hydrogen) atoms. The fourth-order valence-electron chi connectivity index (χ4n) is 2.25. The Kier molecular flexibility index (Phi) is 2.85. The lowest BCUT2D eigenvalue weighted by molar-refractivity contribution is 0.912. The largest absolute Gasteiger partial charge is 0.340 e. The summed E-state index contributed by atoms with van der Waals surface area (Å²) in [5.74, 6) is 0.881. The van der Waals surface area contributed by atoms with Crippen LogP contribution < -0.4 is 5.32 Å². The van der Waals surface area contributed by atoms with Gasteiger partial charge in [0.05, 0.1) is 0 Å². The molecule has 0 spiro atoms. The molecule has 2 aromatic rings. The Bertz CT molecular complexity index is 534. The first-order valence-electron chi connectivity index (χ1n) is 5.82. The van der Waals surface area contributed by atoms with Crippen molar-refractivity contribution in [3.05, 3.63) is 52.1 Å². The van der Waals surface area contributed by atoms with Crippen molar-refractivity contribution in [3.8, 4) is 0 Å². The van der Waals surface area contributed by atoms with Crippen LogP contribution in [-0.2, 0) is 12.8 Å². The van der Waals surface area contributed by atoms with Gasteiger partial charge < -0.3 is 5.32 Å². The number of nitrogens with zero attached hydrogens (tertiary/aromatic N) is 1. The van der Waals surface area contributed by atoms with Crippen molar-refractivity contribution in [2.24, 2.45) is 0 Å². The van der Waals surface area contributed by atoms with Gasteiger partial charge in [-0.2, -0.15) is 0 Å². The zero-order valence-electron chi connectivity index (χ0n) is 9.41. The second-order valence-electron chi connectivity index (χ2n) is 4.32. The van der Waals surface area contributed by atoms with Crippen molar-refractivity contribution < 1.29 is 0 Å². The number of fused-ring (bicyclic) bond motifs is 1. The molecule has 0 fully saturated rings. The molecular formula is C14H13BrN2. The first kappa shape index (κ1) is 10.8. The minimum Gasteiger partial charge on any atom is -0.340 e. The Hall–Kier alpha value is -1.35. The van der Waals surface area contributed by atoms with Crippen molar-refractivity contribution in [2.45, 2.75) is 19.3 Å². The number of aryl methyl sites for hydroxylation is 2. The SMILES string of the molecule is Brc1ccc(Nc2ccc3c(c2)CCC3)nc1. The summed E-state index contributed by atoms with van der Waals surface area (Å²) in [7, 11) is 0. The average molecular weight is 289 g/mol. The molecule has 1 aromatic carbocycles. The molecule has 0 aliphatic heterocycles. The molecule has 1 aliphatic carbocycles. The van der Waals surface area contributed by atoms with Gasteiger partial charge in [0.2, 0.25) is 0 Å². The van der Waals surface area contributed by atoms with E-state index in [1.165, 1.54) is 30.4 Å². The molecule has 0 saturated carbocycles. The summed E-state index contributed by atoms with van der Waals surface area (Å²) in [6.45, 7) is 0. The lowest BCUT2D eigenvalue weighted by Crippen LogP contribution is -1.94. The average Bonchev–Trinajstić information content (AvgIpc) is 2.79. The van der Waals surface area contributed by atoms with Crippen molar-refractivity contribution in [1.29, 1.82) is 0 Å². The van der Waals surface area contributed by atoms with Crippen LogP contribution in [-0.4, -0.2) is 4.98 Å². The smallest absolute Gasteiger partial charge is 0.130 e. The van der Waals surface area contributed by atoms with Gasteiger partial charge in [0, 0.05) is 16.4 Å². The minimum atomic E-state index is 0.881. The lowest BCUT2D eigenvalue weighted by Gasteiger charge is -2.07. The maximum atomic E-state index is 4.31. The van der Waals surface area contributed by atoms with Crippen LogP contribution in [0, 0.1) is 0 Å². The van der Waals surface area contributed by atoms with Crippen molar-refractivity contribution in [1.82, 2.24) is 4.98 Å². The van der Waals surface area contributed by atoms with Crippen molar-refractivity contribution >= 4 is 27.4 Å². The molecule has 0 saturated heterocycles. The highest BCUT2D eigenvalue weighted by atomic mass is 79.9. The highest BCUT2D eigenvalue weighted by Gasteiger charge is 2.10. The molecule has 3 rings (SSSR count). The lowest BCUT2D eigenvalue weighted by atomic mass is 10.1. The Morgan fingerprint density at radius 3 is 2.76 bits per heavy atom. The van der Waals surface area contributed by atoms with Crippen LogP contribution in [0.2, 0.25) is 0 Å². The number of rotatable bonds is 2. The molecule has 3 heteroatoms. The number of pyridine rings is 1. The van der Waals surface area contributed by atoms with Crippen molar-refractivity contribution in [3.63, 3.8) is 0 Å². The summed E-state index contributed by atoms with van der Waals surface area (Å²) in [5.41, 5.74) is 4.10. The van der Waals surface area contributed by atoms with E-state index >= 15 is 0 Å². The predicted octanol–water partition coefficient (Wildman–Crippen LogP) is 4.08. The Morgan fingerprint density at radius 2 is 1.94 bits per heavy atom. The van der Waals surface area contributed by atoms with E-state index in [1.54, 1.807) is 6.20 Å². The van der Waals surface area contributed by atoms with E-state index in [2.05, 4.69) is 44.4 Å². The van der Waals surface area contributed by atoms with Gasteiger partial charge >= 0.3 is 0 Å². The molecule has 0 bridgehead atoms. The number of hydrogen-bond acceptors (Lipinski definition) is 2.